The Kier molecular flexibility index (Phi) is 10.1. The van der Waals surface area contributed by atoms with Crippen molar-refractivity contribution in [1.29, 1.82) is 0 Å². The van der Waals surface area contributed by atoms with Gasteiger partial charge in [0.1, 0.15) is 0 Å². The Hall–Kier alpha value is 0.685. The average Bonchev–Trinajstić information content (AvgIpc) is 2.38. The maximum absolute atomic E-state index is 2.72. The molecule has 0 saturated heterocycles. The van der Waals surface area contributed by atoms with Crippen molar-refractivity contribution >= 4 is 38.2 Å². The van der Waals surface area contributed by atoms with Crippen molar-refractivity contribution in [3.8, 4) is 0 Å². The summed E-state index contributed by atoms with van der Waals surface area (Å²) in [5.74, 6) is 0. The first-order valence-corrected chi connectivity index (χ1v) is 23.2. The Balaban J connectivity index is 0.00000729. The van der Waals surface area contributed by atoms with Gasteiger partial charge in [0.05, 0.1) is 0 Å². The topological polar surface area (TPSA) is 0 Å². The second kappa shape index (κ2) is 9.87. The van der Waals surface area contributed by atoms with Crippen molar-refractivity contribution < 1.29 is 18.9 Å². The molecular formula is C23H47LiSi4. The largest absolute Gasteiger partial charge is 1.00 e. The first-order valence-electron chi connectivity index (χ1n) is 11.0. The molecule has 0 heterocycles. The quantitative estimate of drug-likeness (QED) is 0.520. The summed E-state index contributed by atoms with van der Waals surface area (Å²) in [6.45, 7) is 34.0. The minimum absolute atomic E-state index is 0. The molecule has 0 fully saturated rings. The fourth-order valence-corrected chi connectivity index (χ4v) is 50.2. The van der Waals surface area contributed by atoms with Crippen molar-refractivity contribution in [1.82, 2.24) is 0 Å². The van der Waals surface area contributed by atoms with Crippen LogP contribution in [0.1, 0.15) is 36.5 Å². The molecule has 0 radical (unpaired) electrons. The molecule has 0 N–H and O–H groups in total. The van der Waals surface area contributed by atoms with Gasteiger partial charge in [-0.05, 0) is 20.8 Å². The molecular weight excluding hydrogens is 396 g/mol. The zero-order valence-corrected chi connectivity index (χ0v) is 25.8. The smallest absolute Gasteiger partial charge is 0.286 e. The van der Waals surface area contributed by atoms with Crippen molar-refractivity contribution in [3.63, 3.8) is 0 Å². The third kappa shape index (κ3) is 5.29. The molecule has 0 bridgehead atoms. The number of hydrogen-bond acceptors (Lipinski definition) is 0. The monoisotopic (exact) mass is 442 g/mol. The molecule has 0 aliphatic heterocycles. The Morgan fingerprint density at radius 2 is 1.11 bits per heavy atom. The predicted molar refractivity (Wildman–Crippen MR) is 138 cm³/mol. The number of aryl methyl sites for hydroxylation is 3. The summed E-state index contributed by atoms with van der Waals surface area (Å²) in [6, 6.07) is 6.43. The van der Waals surface area contributed by atoms with E-state index in [1.165, 1.54) is 24.4 Å². The second-order valence-electron chi connectivity index (χ2n) is 11.9. The molecule has 0 spiro atoms. The van der Waals surface area contributed by atoms with Gasteiger partial charge in [-0.3, -0.25) is 8.80 Å². The van der Waals surface area contributed by atoms with Crippen LogP contribution < -0.4 is 24.0 Å². The molecule has 1 aromatic rings. The van der Waals surface area contributed by atoms with Crippen LogP contribution in [0, 0.1) is 20.8 Å². The van der Waals surface area contributed by atoms with Gasteiger partial charge < -0.3 is 0 Å². The maximum atomic E-state index is 2.72. The third-order valence-corrected chi connectivity index (χ3v) is 39.5. The molecule has 0 nitrogen and oxygen atoms in total. The number of benzene rings is 1. The molecule has 1 aromatic carbocycles. The van der Waals surface area contributed by atoms with E-state index >= 15 is 0 Å². The Morgan fingerprint density at radius 3 is 1.39 bits per heavy atom. The van der Waals surface area contributed by atoms with Crippen LogP contribution in [0.15, 0.2) is 12.1 Å². The number of hydrogen-bond donors (Lipinski definition) is 0. The predicted octanol–water partition coefficient (Wildman–Crippen LogP) is 4.49. The minimum Gasteiger partial charge on any atom is -0.286 e. The summed E-state index contributed by atoms with van der Waals surface area (Å²) in [5, 5.41) is 1.83. The molecule has 156 valence electrons. The van der Waals surface area contributed by atoms with Crippen LogP contribution in [0.25, 0.3) is 0 Å². The summed E-state index contributed by atoms with van der Waals surface area (Å²) in [6.07, 6.45) is 2.74. The molecule has 28 heavy (non-hydrogen) atoms. The van der Waals surface area contributed by atoms with E-state index in [-0.39, 0.29) is 18.9 Å². The van der Waals surface area contributed by atoms with Crippen LogP contribution >= 0.6 is 0 Å². The van der Waals surface area contributed by atoms with Crippen molar-refractivity contribution in [2.24, 2.45) is 0 Å². The fourth-order valence-electron chi connectivity index (χ4n) is 7.24. The first-order chi connectivity index (χ1) is 12.0. The van der Waals surface area contributed by atoms with Gasteiger partial charge in [-0.1, -0.05) is 108 Å². The van der Waals surface area contributed by atoms with Crippen molar-refractivity contribution in [2.75, 3.05) is 0 Å². The van der Waals surface area contributed by atoms with Gasteiger partial charge in [-0.2, -0.15) is 15.1 Å². The molecule has 0 aromatic heterocycles. The first kappa shape index (κ1) is 28.7. The van der Waals surface area contributed by atoms with E-state index in [0.717, 1.165) is 0 Å². The van der Waals surface area contributed by atoms with Crippen LogP contribution in [0.3, 0.4) is 0 Å². The zero-order valence-electron chi connectivity index (χ0n) is 21.8. The molecule has 5 heteroatoms. The van der Waals surface area contributed by atoms with E-state index in [1.807, 2.05) is 5.19 Å². The molecule has 0 aliphatic rings. The van der Waals surface area contributed by atoms with E-state index in [9.17, 15) is 0 Å². The summed E-state index contributed by atoms with van der Waals surface area (Å²) in [5.41, 5.74) is 4.62. The van der Waals surface area contributed by atoms with E-state index in [2.05, 4.69) is 98.8 Å². The van der Waals surface area contributed by atoms with Gasteiger partial charge in [0, 0.05) is 24.2 Å². The fraction of sp³-hybridized carbons (Fsp3) is 0.739. The summed E-state index contributed by atoms with van der Waals surface area (Å²) >= 11 is 0. The molecule has 0 atom stereocenters. The van der Waals surface area contributed by atoms with E-state index < -0.39 is 33.0 Å². The molecule has 1 rings (SSSR count). The Bertz CT molecular complexity index is 589. The standard InChI is InChI=1S/C23H47Si4.Li/c1-14-15-16-24(22-20(3)17-19(2)18-21(22)4)23(25(5,6)7,26(8,9)10)27(11,12)13;/h17-18H,14-16H2,1-13H3;/q-1;+1. The van der Waals surface area contributed by atoms with Gasteiger partial charge in [0.2, 0.25) is 0 Å². The normalized spacial score (nSPS) is 13.3. The average molecular weight is 443 g/mol. The molecule has 0 saturated carbocycles. The van der Waals surface area contributed by atoms with E-state index in [0.29, 0.717) is 3.91 Å². The van der Waals surface area contributed by atoms with Crippen LogP contribution in [0.2, 0.25) is 68.9 Å². The van der Waals surface area contributed by atoms with Crippen molar-refractivity contribution in [2.45, 2.75) is 109 Å². The van der Waals surface area contributed by atoms with E-state index in [1.54, 1.807) is 11.1 Å². The molecule has 0 unspecified atom stereocenters. The number of rotatable bonds is 8. The minimum atomic E-state index is -1.39. The summed E-state index contributed by atoms with van der Waals surface area (Å²) in [7, 11) is -4.83. The maximum Gasteiger partial charge on any atom is 1.00 e. The van der Waals surface area contributed by atoms with Crippen LogP contribution in [-0.2, 0) is 0 Å². The van der Waals surface area contributed by atoms with Gasteiger partial charge in [-0.15, -0.1) is 0 Å². The third-order valence-electron chi connectivity index (χ3n) is 6.59. The second-order valence-corrected chi connectivity index (χ2v) is 33.3. The van der Waals surface area contributed by atoms with Gasteiger partial charge in [0.25, 0.3) is 0 Å². The van der Waals surface area contributed by atoms with Crippen LogP contribution in [0.5, 0.6) is 0 Å². The SMILES string of the molecule is CCCC[Si-](c1c(C)cc(C)cc1C)C([Si](C)(C)C)([Si](C)(C)C)[Si](C)(C)C.[Li+]. The van der Waals surface area contributed by atoms with Crippen LogP contribution in [0.4, 0.5) is 0 Å². The van der Waals surface area contributed by atoms with Gasteiger partial charge >= 0.3 is 18.9 Å². The summed E-state index contributed by atoms with van der Waals surface area (Å²) < 4.78 is 0.678. The van der Waals surface area contributed by atoms with Crippen molar-refractivity contribution in [3.05, 3.63) is 28.8 Å². The zero-order chi connectivity index (χ0) is 21.4. The Morgan fingerprint density at radius 1 is 0.750 bits per heavy atom. The van der Waals surface area contributed by atoms with Gasteiger partial charge in [0.15, 0.2) is 0 Å². The van der Waals surface area contributed by atoms with Crippen LogP contribution in [-0.4, -0.2) is 33.0 Å². The van der Waals surface area contributed by atoms with E-state index in [4.69, 9.17) is 0 Å². The summed E-state index contributed by atoms with van der Waals surface area (Å²) in [4.78, 5) is 0. The molecule has 0 amide bonds. The molecule has 0 aliphatic carbocycles. The number of unbranched alkanes of at least 4 members (excludes halogenated alkanes) is 1. The Labute approximate surface area is 194 Å². The van der Waals surface area contributed by atoms with Gasteiger partial charge in [-0.25, -0.2) is 0 Å².